The molecule has 0 unspecified atom stereocenters. The van der Waals surface area contributed by atoms with E-state index in [0.717, 1.165) is 6.54 Å². The van der Waals surface area contributed by atoms with Crippen molar-refractivity contribution in [3.63, 3.8) is 0 Å². The van der Waals surface area contributed by atoms with Gasteiger partial charge in [-0.15, -0.1) is 0 Å². The number of nitrogens with zero attached hydrogens (tertiary/aromatic N) is 3. The van der Waals surface area contributed by atoms with Gasteiger partial charge in [-0.25, -0.2) is 4.39 Å². The Morgan fingerprint density at radius 3 is 1.93 bits per heavy atom. The molecule has 0 aliphatic carbocycles. The van der Waals surface area contributed by atoms with Crippen molar-refractivity contribution in [1.82, 2.24) is 14.7 Å². The predicted octanol–water partition coefficient (Wildman–Crippen LogP) is 1.80. The smallest absolute Gasteiger partial charge is 0.223 e. The highest BCUT2D eigenvalue weighted by molar-refractivity contribution is 5.96. The molecule has 2 rings (SSSR count). The highest BCUT2D eigenvalue weighted by atomic mass is 19.1. The number of carbonyl (C=O) groups excluding carboxylic acids is 3. The fourth-order valence-corrected chi connectivity index (χ4v) is 3.02. The average molecular weight is 377 g/mol. The predicted molar refractivity (Wildman–Crippen MR) is 101 cm³/mol. The Bertz CT molecular complexity index is 653. The number of hydrogen-bond donors (Lipinski definition) is 0. The van der Waals surface area contributed by atoms with E-state index in [4.69, 9.17) is 0 Å². The highest BCUT2D eigenvalue weighted by Crippen LogP contribution is 2.11. The van der Waals surface area contributed by atoms with Crippen LogP contribution in [-0.2, 0) is 9.59 Å². The minimum absolute atomic E-state index is 0.0160. The van der Waals surface area contributed by atoms with Gasteiger partial charge in [0.1, 0.15) is 5.82 Å². The lowest BCUT2D eigenvalue weighted by molar-refractivity contribution is -0.139. The molecule has 1 aromatic carbocycles. The van der Waals surface area contributed by atoms with Crippen molar-refractivity contribution in [2.75, 3.05) is 46.8 Å². The second kappa shape index (κ2) is 10.2. The first-order chi connectivity index (χ1) is 12.9. The van der Waals surface area contributed by atoms with Gasteiger partial charge in [0.05, 0.1) is 0 Å². The summed E-state index contributed by atoms with van der Waals surface area (Å²) < 4.78 is 12.9. The monoisotopic (exact) mass is 377 g/mol. The Labute approximate surface area is 159 Å². The maximum atomic E-state index is 12.9. The summed E-state index contributed by atoms with van der Waals surface area (Å²) in [5.41, 5.74) is 0.466. The molecule has 6 nitrogen and oxygen atoms in total. The van der Waals surface area contributed by atoms with E-state index in [2.05, 4.69) is 0 Å². The van der Waals surface area contributed by atoms with E-state index >= 15 is 0 Å². The Morgan fingerprint density at radius 1 is 0.889 bits per heavy atom. The van der Waals surface area contributed by atoms with Gasteiger partial charge in [0.25, 0.3) is 0 Å². The topological polar surface area (TPSA) is 60.9 Å². The van der Waals surface area contributed by atoms with Crippen molar-refractivity contribution >= 4 is 17.6 Å². The molecule has 0 radical (unpaired) electrons. The third-order valence-electron chi connectivity index (χ3n) is 4.72. The second-order valence-corrected chi connectivity index (χ2v) is 7.10. The van der Waals surface area contributed by atoms with Crippen LogP contribution in [0.15, 0.2) is 24.3 Å². The first-order valence-electron chi connectivity index (χ1n) is 9.36. The van der Waals surface area contributed by atoms with Crippen LogP contribution in [-0.4, -0.2) is 79.1 Å². The van der Waals surface area contributed by atoms with Gasteiger partial charge in [-0.1, -0.05) is 0 Å². The SMILES string of the molecule is CN(C)CCC(=O)N1CCN(C(=O)CCCC(=O)c2ccc(F)cc2)CC1. The molecule has 1 aromatic rings. The summed E-state index contributed by atoms with van der Waals surface area (Å²) in [4.78, 5) is 42.0. The Hall–Kier alpha value is -2.28. The standard InChI is InChI=1S/C20H28FN3O3/c1-22(2)11-10-20(27)24-14-12-23(13-15-24)19(26)5-3-4-18(25)16-6-8-17(21)9-7-16/h6-9H,3-5,10-15H2,1-2H3. The van der Waals surface area contributed by atoms with E-state index in [0.29, 0.717) is 51.0 Å². The number of Topliss-reactive ketones (excluding diaryl/α,β-unsaturated/α-hetero) is 1. The molecule has 1 aliphatic rings. The number of rotatable bonds is 8. The molecule has 0 bridgehead atoms. The van der Waals surface area contributed by atoms with Gasteiger partial charge in [0.2, 0.25) is 11.8 Å². The fraction of sp³-hybridized carbons (Fsp3) is 0.550. The number of amides is 2. The van der Waals surface area contributed by atoms with E-state index in [1.807, 2.05) is 23.9 Å². The summed E-state index contributed by atoms with van der Waals surface area (Å²) in [6, 6.07) is 5.45. The Balaban J connectivity index is 1.68. The van der Waals surface area contributed by atoms with Crippen molar-refractivity contribution in [2.45, 2.75) is 25.7 Å². The van der Waals surface area contributed by atoms with Gasteiger partial charge in [-0.05, 0) is 44.8 Å². The van der Waals surface area contributed by atoms with E-state index in [-0.39, 0.29) is 29.8 Å². The number of carbonyl (C=O) groups is 3. The molecule has 1 aliphatic heterocycles. The van der Waals surface area contributed by atoms with E-state index in [9.17, 15) is 18.8 Å². The van der Waals surface area contributed by atoms with Crippen LogP contribution < -0.4 is 0 Å². The van der Waals surface area contributed by atoms with Crippen molar-refractivity contribution in [3.05, 3.63) is 35.6 Å². The molecule has 27 heavy (non-hydrogen) atoms. The van der Waals surface area contributed by atoms with Gasteiger partial charge < -0.3 is 14.7 Å². The molecule has 7 heteroatoms. The van der Waals surface area contributed by atoms with Crippen molar-refractivity contribution in [1.29, 1.82) is 0 Å². The molecule has 0 N–H and O–H groups in total. The molecule has 2 amide bonds. The third kappa shape index (κ3) is 6.75. The molecule has 1 heterocycles. The van der Waals surface area contributed by atoms with Crippen LogP contribution in [0.4, 0.5) is 4.39 Å². The van der Waals surface area contributed by atoms with Crippen molar-refractivity contribution in [2.24, 2.45) is 0 Å². The minimum atomic E-state index is -0.374. The number of piperazine rings is 1. The van der Waals surface area contributed by atoms with Crippen LogP contribution in [0.25, 0.3) is 0 Å². The zero-order chi connectivity index (χ0) is 19.8. The molecule has 148 valence electrons. The zero-order valence-corrected chi connectivity index (χ0v) is 16.1. The highest BCUT2D eigenvalue weighted by Gasteiger charge is 2.23. The maximum absolute atomic E-state index is 12.9. The number of hydrogen-bond acceptors (Lipinski definition) is 4. The quantitative estimate of drug-likeness (QED) is 0.648. The van der Waals surface area contributed by atoms with Crippen LogP contribution in [0.2, 0.25) is 0 Å². The average Bonchev–Trinajstić information content (AvgIpc) is 2.66. The van der Waals surface area contributed by atoms with E-state index in [1.165, 1.54) is 24.3 Å². The largest absolute Gasteiger partial charge is 0.339 e. The molecule has 0 spiro atoms. The Morgan fingerprint density at radius 2 is 1.41 bits per heavy atom. The number of benzene rings is 1. The number of halogens is 1. The zero-order valence-electron chi connectivity index (χ0n) is 16.1. The van der Waals surface area contributed by atoms with Gasteiger partial charge in [-0.2, -0.15) is 0 Å². The second-order valence-electron chi connectivity index (χ2n) is 7.10. The summed E-state index contributed by atoms with van der Waals surface area (Å²) in [7, 11) is 3.87. The summed E-state index contributed by atoms with van der Waals surface area (Å²) >= 11 is 0. The molecule has 1 fully saturated rings. The van der Waals surface area contributed by atoms with Crippen molar-refractivity contribution < 1.29 is 18.8 Å². The van der Waals surface area contributed by atoms with E-state index in [1.54, 1.807) is 4.90 Å². The lowest BCUT2D eigenvalue weighted by atomic mass is 10.1. The fourth-order valence-electron chi connectivity index (χ4n) is 3.02. The van der Waals surface area contributed by atoms with Crippen LogP contribution >= 0.6 is 0 Å². The van der Waals surface area contributed by atoms with Gasteiger partial charge in [-0.3, -0.25) is 14.4 Å². The molecule has 1 saturated heterocycles. The van der Waals surface area contributed by atoms with E-state index < -0.39 is 0 Å². The first kappa shape index (κ1) is 21.0. The van der Waals surface area contributed by atoms with Crippen molar-refractivity contribution in [3.8, 4) is 0 Å². The van der Waals surface area contributed by atoms with Gasteiger partial charge >= 0.3 is 0 Å². The van der Waals surface area contributed by atoms with Gasteiger partial charge in [0, 0.05) is 57.5 Å². The lowest BCUT2D eigenvalue weighted by Gasteiger charge is -2.35. The maximum Gasteiger partial charge on any atom is 0.223 e. The van der Waals surface area contributed by atoms with Crippen LogP contribution in [0.1, 0.15) is 36.0 Å². The normalized spacial score (nSPS) is 14.5. The summed E-state index contributed by atoms with van der Waals surface area (Å²) in [6.45, 7) is 2.93. The summed E-state index contributed by atoms with van der Waals surface area (Å²) in [6.07, 6.45) is 1.53. The van der Waals surface area contributed by atoms with Crippen LogP contribution in [0, 0.1) is 5.82 Å². The van der Waals surface area contributed by atoms with Gasteiger partial charge in [0.15, 0.2) is 5.78 Å². The summed E-state index contributed by atoms with van der Waals surface area (Å²) in [5, 5.41) is 0. The van der Waals surface area contributed by atoms with Crippen LogP contribution in [0.5, 0.6) is 0 Å². The Kier molecular flexibility index (Phi) is 7.91. The molecular weight excluding hydrogens is 349 g/mol. The number of ketones is 1. The third-order valence-corrected chi connectivity index (χ3v) is 4.72. The molecule has 0 atom stereocenters. The molecular formula is C20H28FN3O3. The molecule has 0 saturated carbocycles. The first-order valence-corrected chi connectivity index (χ1v) is 9.36. The minimum Gasteiger partial charge on any atom is -0.339 e. The van der Waals surface area contributed by atoms with Crippen LogP contribution in [0.3, 0.4) is 0 Å². The lowest BCUT2D eigenvalue weighted by Crippen LogP contribution is -2.50. The summed E-state index contributed by atoms with van der Waals surface area (Å²) in [5.74, 6) is -0.317. The molecule has 0 aromatic heterocycles.